The summed E-state index contributed by atoms with van der Waals surface area (Å²) < 4.78 is 5.52. The predicted octanol–water partition coefficient (Wildman–Crippen LogP) is 5.41. The fraction of sp³-hybridized carbons (Fsp3) is 0. The van der Waals surface area contributed by atoms with Gasteiger partial charge in [-0.3, -0.25) is 14.9 Å². The van der Waals surface area contributed by atoms with Gasteiger partial charge >= 0.3 is 0 Å². The molecule has 1 N–H and O–H groups in total. The Kier molecular flexibility index (Phi) is 4.74. The number of para-hydroxylation sites is 2. The average molecular weight is 377 g/mol. The lowest BCUT2D eigenvalue weighted by Gasteiger charge is -2.04. The maximum absolute atomic E-state index is 12.3. The van der Waals surface area contributed by atoms with Gasteiger partial charge in [0.25, 0.3) is 11.6 Å². The minimum absolute atomic E-state index is 0.000771. The molecule has 126 valence electrons. The number of hydrogen-bond acceptors (Lipinski definition) is 4. The minimum Gasteiger partial charge on any atom is -0.451 e. The Morgan fingerprint density at radius 3 is 2.56 bits per heavy atom. The number of hydrogen-bond donors (Lipinski definition) is 1. The summed E-state index contributed by atoms with van der Waals surface area (Å²) in [6.45, 7) is 0. The average Bonchev–Trinajstić information content (AvgIpc) is 3.05. The van der Waals surface area contributed by atoms with E-state index < -0.39 is 10.8 Å². The van der Waals surface area contributed by atoms with Crippen molar-refractivity contribution in [3.05, 3.63) is 80.5 Å². The van der Waals surface area contributed by atoms with Crippen LogP contribution in [-0.4, -0.2) is 10.8 Å². The monoisotopic (exact) mass is 376 g/mol. The Labute approximate surface area is 152 Å². The third-order valence-corrected chi connectivity index (χ3v) is 3.92. The lowest BCUT2D eigenvalue weighted by atomic mass is 10.2. The topological polar surface area (TPSA) is 85.4 Å². The number of anilines is 1. The summed E-state index contributed by atoms with van der Waals surface area (Å²) in [7, 11) is 0. The molecule has 3 aromatic rings. The molecule has 0 spiro atoms. The van der Waals surface area contributed by atoms with Crippen LogP contribution in [-0.2, 0) is 0 Å². The Hall–Kier alpha value is -2.83. The van der Waals surface area contributed by atoms with E-state index in [2.05, 4.69) is 5.32 Å². The molecule has 0 fully saturated rings. The third kappa shape index (κ3) is 3.65. The van der Waals surface area contributed by atoms with Gasteiger partial charge in [0.15, 0.2) is 5.76 Å². The molecule has 0 aliphatic rings. The van der Waals surface area contributed by atoms with Crippen molar-refractivity contribution in [1.82, 2.24) is 0 Å². The summed E-state index contributed by atoms with van der Waals surface area (Å²) >= 11 is 12.0. The Balaban J connectivity index is 1.85. The van der Waals surface area contributed by atoms with E-state index in [9.17, 15) is 14.9 Å². The molecule has 8 heteroatoms. The summed E-state index contributed by atoms with van der Waals surface area (Å²) in [5.74, 6) is -0.223. The van der Waals surface area contributed by atoms with Gasteiger partial charge in [0.1, 0.15) is 11.4 Å². The smallest absolute Gasteiger partial charge is 0.292 e. The van der Waals surface area contributed by atoms with Crippen LogP contribution in [0.1, 0.15) is 10.6 Å². The molecule has 3 rings (SSSR count). The molecule has 0 saturated heterocycles. The minimum atomic E-state index is -0.606. The van der Waals surface area contributed by atoms with Gasteiger partial charge < -0.3 is 9.73 Å². The molecule has 0 atom stereocenters. The molecule has 1 aromatic heterocycles. The van der Waals surface area contributed by atoms with Crippen LogP contribution < -0.4 is 5.32 Å². The highest BCUT2D eigenvalue weighted by molar-refractivity contribution is 6.36. The first kappa shape index (κ1) is 17.0. The van der Waals surface area contributed by atoms with E-state index in [1.807, 2.05) is 0 Å². The number of halogens is 2. The lowest BCUT2D eigenvalue weighted by Crippen LogP contribution is -2.12. The zero-order valence-electron chi connectivity index (χ0n) is 12.5. The number of rotatable bonds is 4. The van der Waals surface area contributed by atoms with Crippen LogP contribution in [0.25, 0.3) is 11.3 Å². The van der Waals surface area contributed by atoms with E-state index in [0.717, 1.165) is 0 Å². The first-order valence-electron chi connectivity index (χ1n) is 7.06. The number of carbonyl (C=O) groups is 1. The molecule has 1 heterocycles. The van der Waals surface area contributed by atoms with Crippen LogP contribution in [0.3, 0.4) is 0 Å². The van der Waals surface area contributed by atoms with Gasteiger partial charge in [-0.1, -0.05) is 35.3 Å². The quantitative estimate of drug-likeness (QED) is 0.486. The van der Waals surface area contributed by atoms with Gasteiger partial charge in [0.05, 0.1) is 9.95 Å². The third-order valence-electron chi connectivity index (χ3n) is 3.38. The predicted molar refractivity (Wildman–Crippen MR) is 95.2 cm³/mol. The van der Waals surface area contributed by atoms with Crippen LogP contribution in [0.15, 0.2) is 59.0 Å². The summed E-state index contributed by atoms with van der Waals surface area (Å²) in [5, 5.41) is 14.3. The largest absolute Gasteiger partial charge is 0.451 e. The lowest BCUT2D eigenvalue weighted by molar-refractivity contribution is -0.383. The first-order valence-corrected chi connectivity index (χ1v) is 7.81. The van der Waals surface area contributed by atoms with Crippen LogP contribution in [0, 0.1) is 10.1 Å². The maximum atomic E-state index is 12.3. The van der Waals surface area contributed by atoms with E-state index in [4.69, 9.17) is 27.6 Å². The first-order chi connectivity index (χ1) is 12.0. The maximum Gasteiger partial charge on any atom is 0.292 e. The van der Waals surface area contributed by atoms with Crippen LogP contribution in [0.4, 0.5) is 11.4 Å². The van der Waals surface area contributed by atoms with Crippen LogP contribution in [0.5, 0.6) is 0 Å². The van der Waals surface area contributed by atoms with Crippen molar-refractivity contribution < 1.29 is 14.1 Å². The molecule has 0 aliphatic carbocycles. The van der Waals surface area contributed by atoms with Crippen molar-refractivity contribution in [2.75, 3.05) is 5.32 Å². The molecule has 0 unspecified atom stereocenters. The van der Waals surface area contributed by atoms with Gasteiger partial charge in [-0.2, -0.15) is 0 Å². The zero-order chi connectivity index (χ0) is 18.0. The number of nitrogens with one attached hydrogen (secondary N) is 1. The normalized spacial score (nSPS) is 10.5. The van der Waals surface area contributed by atoms with Gasteiger partial charge in [0, 0.05) is 16.7 Å². The van der Waals surface area contributed by atoms with Crippen LogP contribution in [0.2, 0.25) is 10.0 Å². The SMILES string of the molecule is O=C(Nc1ccccc1[N+](=O)[O-])c1ccc(-c2ccc(Cl)cc2Cl)o1. The van der Waals surface area contributed by atoms with Crippen molar-refractivity contribution in [3.8, 4) is 11.3 Å². The Morgan fingerprint density at radius 1 is 1.08 bits per heavy atom. The molecule has 25 heavy (non-hydrogen) atoms. The Morgan fingerprint density at radius 2 is 1.84 bits per heavy atom. The highest BCUT2D eigenvalue weighted by Crippen LogP contribution is 2.32. The van der Waals surface area contributed by atoms with Crippen LogP contribution >= 0.6 is 23.2 Å². The van der Waals surface area contributed by atoms with E-state index in [1.165, 1.54) is 24.3 Å². The van der Waals surface area contributed by atoms with Gasteiger partial charge in [-0.05, 0) is 36.4 Å². The second-order valence-corrected chi connectivity index (χ2v) is 5.86. The van der Waals surface area contributed by atoms with Crippen molar-refractivity contribution in [3.63, 3.8) is 0 Å². The number of nitro benzene ring substituents is 1. The molecular weight excluding hydrogens is 367 g/mol. The number of benzene rings is 2. The van der Waals surface area contributed by atoms with E-state index in [0.29, 0.717) is 21.4 Å². The second kappa shape index (κ2) is 6.96. The van der Waals surface area contributed by atoms with E-state index in [-0.39, 0.29) is 17.1 Å². The summed E-state index contributed by atoms with van der Waals surface area (Å²) in [6, 6.07) is 13.8. The summed E-state index contributed by atoms with van der Waals surface area (Å²) in [6.07, 6.45) is 0. The number of nitro groups is 1. The van der Waals surface area contributed by atoms with Crippen molar-refractivity contribution >= 4 is 40.5 Å². The number of carbonyl (C=O) groups excluding carboxylic acids is 1. The Bertz CT molecular complexity index is 969. The molecular formula is C17H10Cl2N2O4. The van der Waals surface area contributed by atoms with Crippen molar-refractivity contribution in [2.45, 2.75) is 0 Å². The second-order valence-electron chi connectivity index (χ2n) is 5.02. The zero-order valence-corrected chi connectivity index (χ0v) is 14.0. The molecule has 0 saturated carbocycles. The van der Waals surface area contributed by atoms with Gasteiger partial charge in [-0.25, -0.2) is 0 Å². The molecule has 2 aromatic carbocycles. The fourth-order valence-electron chi connectivity index (χ4n) is 2.22. The van der Waals surface area contributed by atoms with E-state index >= 15 is 0 Å². The fourth-order valence-corrected chi connectivity index (χ4v) is 2.72. The van der Waals surface area contributed by atoms with Crippen molar-refractivity contribution in [1.29, 1.82) is 0 Å². The van der Waals surface area contributed by atoms with Gasteiger partial charge in [-0.15, -0.1) is 0 Å². The van der Waals surface area contributed by atoms with E-state index in [1.54, 1.807) is 30.3 Å². The molecule has 0 radical (unpaired) electrons. The summed E-state index contributed by atoms with van der Waals surface area (Å²) in [4.78, 5) is 22.7. The standard InChI is InChI=1S/C17H10Cl2N2O4/c18-10-5-6-11(12(19)9-10)15-7-8-16(25-15)17(22)20-13-3-1-2-4-14(13)21(23)24/h1-9H,(H,20,22). The molecule has 0 aliphatic heterocycles. The van der Waals surface area contributed by atoms with Gasteiger partial charge in [0.2, 0.25) is 0 Å². The highest BCUT2D eigenvalue weighted by Gasteiger charge is 2.18. The number of nitrogens with zero attached hydrogens (tertiary/aromatic N) is 1. The van der Waals surface area contributed by atoms with Crippen molar-refractivity contribution in [2.24, 2.45) is 0 Å². The highest BCUT2D eigenvalue weighted by atomic mass is 35.5. The summed E-state index contributed by atoms with van der Waals surface area (Å²) in [5.41, 5.74) is 0.458. The molecule has 0 bridgehead atoms. The number of furan rings is 1. The molecule has 1 amide bonds. The molecule has 6 nitrogen and oxygen atoms in total. The number of amides is 1.